The van der Waals surface area contributed by atoms with Crippen molar-refractivity contribution in [2.24, 2.45) is 5.92 Å². The number of thiocarbonyl (C=S) groups is 1. The zero-order chi connectivity index (χ0) is 17.8. The maximum absolute atomic E-state index is 12.9. The molecule has 1 aliphatic rings. The summed E-state index contributed by atoms with van der Waals surface area (Å²) in [6.45, 7) is 4.48. The summed E-state index contributed by atoms with van der Waals surface area (Å²) >= 11 is 8.72. The number of hydrogen-bond acceptors (Lipinski definition) is 2. The molecule has 3 N–H and O–H groups in total. The molecule has 0 aliphatic carbocycles. The third-order valence-corrected chi connectivity index (χ3v) is 4.78. The van der Waals surface area contributed by atoms with Gasteiger partial charge in [-0.15, -0.1) is 0 Å². The van der Waals surface area contributed by atoms with Crippen molar-refractivity contribution >= 4 is 39.2 Å². The van der Waals surface area contributed by atoms with Crippen LogP contribution in [0.2, 0.25) is 0 Å². The fourth-order valence-electron chi connectivity index (χ4n) is 2.87. The quantitative estimate of drug-likeness (QED) is 0.669. The Bertz CT molecular complexity index is 809. The van der Waals surface area contributed by atoms with Crippen LogP contribution in [-0.2, 0) is 11.3 Å². The van der Waals surface area contributed by atoms with E-state index < -0.39 is 5.92 Å². The van der Waals surface area contributed by atoms with Crippen LogP contribution in [0.1, 0.15) is 17.2 Å². The van der Waals surface area contributed by atoms with E-state index >= 15 is 0 Å². The summed E-state index contributed by atoms with van der Waals surface area (Å²) in [6, 6.07) is 17.4. The maximum Gasteiger partial charge on any atom is 0.231 e. The minimum atomic E-state index is -0.468. The zero-order valence-corrected chi connectivity index (χ0v) is 15.9. The largest absolute Gasteiger partial charge is 0.354 e. The second kappa shape index (κ2) is 7.80. The number of benzene rings is 2. The Balaban J connectivity index is 1.81. The number of carbonyl (C=O) groups excluding carboxylic acids is 1. The van der Waals surface area contributed by atoms with Gasteiger partial charge in [-0.1, -0.05) is 65.0 Å². The van der Waals surface area contributed by atoms with Crippen LogP contribution in [0, 0.1) is 5.92 Å². The normalized spacial score (nSPS) is 19.7. The summed E-state index contributed by atoms with van der Waals surface area (Å²) in [7, 11) is 0. The Morgan fingerprint density at radius 2 is 1.96 bits per heavy atom. The van der Waals surface area contributed by atoms with Gasteiger partial charge in [0.2, 0.25) is 5.91 Å². The van der Waals surface area contributed by atoms with E-state index in [4.69, 9.17) is 12.2 Å². The van der Waals surface area contributed by atoms with E-state index in [0.29, 0.717) is 17.4 Å². The Labute approximate surface area is 160 Å². The number of rotatable bonds is 4. The monoisotopic (exact) mass is 415 g/mol. The van der Waals surface area contributed by atoms with Gasteiger partial charge < -0.3 is 16.0 Å². The second-order valence-corrected chi connectivity index (χ2v) is 7.16. The number of amides is 1. The highest BCUT2D eigenvalue weighted by atomic mass is 79.9. The summed E-state index contributed by atoms with van der Waals surface area (Å²) in [6.07, 6.45) is 0. The first-order chi connectivity index (χ1) is 12.0. The van der Waals surface area contributed by atoms with Crippen molar-refractivity contribution in [3.8, 4) is 0 Å². The molecule has 128 valence electrons. The molecule has 1 amide bonds. The van der Waals surface area contributed by atoms with Crippen LogP contribution in [0.5, 0.6) is 0 Å². The Morgan fingerprint density at radius 3 is 2.68 bits per heavy atom. The van der Waals surface area contributed by atoms with Gasteiger partial charge in [-0.25, -0.2) is 0 Å². The molecule has 2 atom stereocenters. The zero-order valence-electron chi connectivity index (χ0n) is 13.5. The van der Waals surface area contributed by atoms with Gasteiger partial charge in [-0.3, -0.25) is 4.79 Å². The molecule has 2 aromatic carbocycles. The first-order valence-corrected chi connectivity index (χ1v) is 9.08. The number of hydrogen-bond donors (Lipinski definition) is 3. The van der Waals surface area contributed by atoms with Crippen LogP contribution < -0.4 is 16.0 Å². The van der Waals surface area contributed by atoms with Gasteiger partial charge in [-0.2, -0.15) is 0 Å². The molecule has 1 saturated heterocycles. The van der Waals surface area contributed by atoms with Crippen LogP contribution in [0.25, 0.3) is 0 Å². The lowest BCUT2D eigenvalue weighted by Gasteiger charge is -2.35. The van der Waals surface area contributed by atoms with Gasteiger partial charge in [0.15, 0.2) is 5.11 Å². The van der Waals surface area contributed by atoms with Gasteiger partial charge in [0, 0.05) is 16.7 Å². The minimum Gasteiger partial charge on any atom is -0.354 e. The third-order valence-electron chi connectivity index (χ3n) is 4.07. The molecular weight excluding hydrogens is 398 g/mol. The molecule has 0 saturated carbocycles. The standard InChI is InChI=1S/C19H18BrN3OS/c1-12-16(18(24)21-11-13-6-3-2-4-7-13)17(23-19(25)22-12)14-8-5-9-15(20)10-14/h2-10,16-17H,1,11H2,(H,21,24)(H2,22,23,25)/t16-,17+/m1/s1. The van der Waals surface area contributed by atoms with Crippen molar-refractivity contribution in [3.63, 3.8) is 0 Å². The Morgan fingerprint density at radius 1 is 1.20 bits per heavy atom. The molecule has 0 aromatic heterocycles. The predicted molar refractivity (Wildman–Crippen MR) is 107 cm³/mol. The van der Waals surface area contributed by atoms with Gasteiger partial charge in [0.1, 0.15) is 5.92 Å². The molecule has 1 aliphatic heterocycles. The fourth-order valence-corrected chi connectivity index (χ4v) is 3.54. The van der Waals surface area contributed by atoms with E-state index in [-0.39, 0.29) is 11.9 Å². The minimum absolute atomic E-state index is 0.0960. The van der Waals surface area contributed by atoms with Gasteiger partial charge in [0.05, 0.1) is 6.04 Å². The molecule has 0 radical (unpaired) electrons. The van der Waals surface area contributed by atoms with Crippen LogP contribution in [0.15, 0.2) is 71.3 Å². The Kier molecular flexibility index (Phi) is 5.50. The highest BCUT2D eigenvalue weighted by Crippen LogP contribution is 2.31. The van der Waals surface area contributed by atoms with Crippen molar-refractivity contribution in [3.05, 3.63) is 82.5 Å². The maximum atomic E-state index is 12.9. The number of halogens is 1. The summed E-state index contributed by atoms with van der Waals surface area (Å²) in [5.41, 5.74) is 2.62. The van der Waals surface area contributed by atoms with Crippen LogP contribution >= 0.6 is 28.1 Å². The average Bonchev–Trinajstić information content (AvgIpc) is 2.60. The van der Waals surface area contributed by atoms with Crippen molar-refractivity contribution in [2.45, 2.75) is 12.6 Å². The lowest BCUT2D eigenvalue weighted by Crippen LogP contribution is -2.52. The molecule has 1 fully saturated rings. The molecule has 25 heavy (non-hydrogen) atoms. The van der Waals surface area contributed by atoms with Crippen molar-refractivity contribution in [1.82, 2.24) is 16.0 Å². The average molecular weight is 416 g/mol. The second-order valence-electron chi connectivity index (χ2n) is 5.84. The summed E-state index contributed by atoms with van der Waals surface area (Å²) < 4.78 is 0.949. The van der Waals surface area contributed by atoms with E-state index in [2.05, 4.69) is 38.5 Å². The van der Waals surface area contributed by atoms with Crippen molar-refractivity contribution < 1.29 is 4.79 Å². The summed E-state index contributed by atoms with van der Waals surface area (Å²) in [4.78, 5) is 12.9. The molecule has 1 heterocycles. The number of nitrogens with one attached hydrogen (secondary N) is 3. The summed E-state index contributed by atoms with van der Waals surface area (Å²) in [5.74, 6) is -0.564. The summed E-state index contributed by atoms with van der Waals surface area (Å²) in [5, 5.41) is 9.64. The molecule has 6 heteroatoms. The molecule has 0 bridgehead atoms. The smallest absolute Gasteiger partial charge is 0.231 e. The van der Waals surface area contributed by atoms with Crippen LogP contribution in [0.3, 0.4) is 0 Å². The lowest BCUT2D eigenvalue weighted by molar-refractivity contribution is -0.125. The first kappa shape index (κ1) is 17.6. The molecular formula is C19H18BrN3OS. The first-order valence-electron chi connectivity index (χ1n) is 7.88. The molecule has 0 spiro atoms. The topological polar surface area (TPSA) is 53.2 Å². The SMILES string of the molecule is C=C1NC(=S)N[C@@H](c2cccc(Br)c2)[C@@H]1C(=O)NCc1ccccc1. The van der Waals surface area contributed by atoms with Crippen LogP contribution in [0.4, 0.5) is 0 Å². The molecule has 4 nitrogen and oxygen atoms in total. The predicted octanol–water partition coefficient (Wildman–Crippen LogP) is 3.41. The molecule has 0 unspecified atom stereocenters. The van der Waals surface area contributed by atoms with E-state index in [1.54, 1.807) is 0 Å². The van der Waals surface area contributed by atoms with Gasteiger partial charge in [0.25, 0.3) is 0 Å². The highest BCUT2D eigenvalue weighted by molar-refractivity contribution is 9.10. The Hall–Kier alpha value is -2.18. The molecule has 3 rings (SSSR count). The van der Waals surface area contributed by atoms with Crippen molar-refractivity contribution in [1.29, 1.82) is 0 Å². The van der Waals surface area contributed by atoms with E-state index in [1.165, 1.54) is 0 Å². The van der Waals surface area contributed by atoms with E-state index in [9.17, 15) is 4.79 Å². The fraction of sp³-hybridized carbons (Fsp3) is 0.158. The van der Waals surface area contributed by atoms with Gasteiger partial charge >= 0.3 is 0 Å². The molecule has 2 aromatic rings. The number of carbonyl (C=O) groups is 1. The third kappa shape index (κ3) is 4.27. The van der Waals surface area contributed by atoms with Crippen molar-refractivity contribution in [2.75, 3.05) is 0 Å². The van der Waals surface area contributed by atoms with E-state index in [1.807, 2.05) is 54.6 Å². The van der Waals surface area contributed by atoms with E-state index in [0.717, 1.165) is 15.6 Å². The highest BCUT2D eigenvalue weighted by Gasteiger charge is 2.36. The van der Waals surface area contributed by atoms with Crippen LogP contribution in [-0.4, -0.2) is 11.0 Å². The van der Waals surface area contributed by atoms with Gasteiger partial charge in [-0.05, 0) is 35.5 Å². The lowest BCUT2D eigenvalue weighted by atomic mass is 9.88.